The predicted molar refractivity (Wildman–Crippen MR) is 105 cm³/mol. The van der Waals surface area contributed by atoms with Crippen molar-refractivity contribution in [2.75, 3.05) is 11.5 Å². The predicted octanol–water partition coefficient (Wildman–Crippen LogP) is 3.00. The van der Waals surface area contributed by atoms with Gasteiger partial charge >= 0.3 is 6.03 Å². The lowest BCUT2D eigenvalue weighted by Crippen LogP contribution is -2.29. The van der Waals surface area contributed by atoms with Crippen molar-refractivity contribution in [1.82, 2.24) is 15.3 Å². The van der Waals surface area contributed by atoms with E-state index in [4.69, 9.17) is 0 Å². The van der Waals surface area contributed by atoms with E-state index in [1.54, 1.807) is 11.2 Å². The number of fused-ring (bicyclic) bond motifs is 1. The minimum absolute atomic E-state index is 0.0589. The van der Waals surface area contributed by atoms with E-state index in [1.165, 1.54) is 0 Å². The minimum Gasteiger partial charge on any atom is -0.394 e. The van der Waals surface area contributed by atoms with Crippen LogP contribution in [0.4, 0.5) is 10.5 Å². The topological polar surface area (TPSA) is 93.6 Å². The minimum atomic E-state index is -0.379. The summed E-state index contributed by atoms with van der Waals surface area (Å²) >= 11 is 0. The second kappa shape index (κ2) is 7.20. The van der Waals surface area contributed by atoms with Crippen LogP contribution in [0.3, 0.4) is 0 Å². The van der Waals surface area contributed by atoms with Gasteiger partial charge in [-0.3, -0.25) is 15.2 Å². The van der Waals surface area contributed by atoms with Gasteiger partial charge < -0.3 is 10.1 Å². The fourth-order valence-electron chi connectivity index (χ4n) is 3.32. The number of aromatic nitrogens is 2. The quantitative estimate of drug-likeness (QED) is 0.650. The number of carbonyl (C=O) groups is 1. The summed E-state index contributed by atoms with van der Waals surface area (Å²) in [6.07, 6.45) is 2.32. The second-order valence-electron chi connectivity index (χ2n) is 6.48. The molecule has 0 saturated carbocycles. The molecule has 1 saturated heterocycles. The monoisotopic (exact) mass is 363 g/mol. The first-order chi connectivity index (χ1) is 13.2. The van der Waals surface area contributed by atoms with Crippen LogP contribution in [-0.2, 0) is 0 Å². The van der Waals surface area contributed by atoms with Crippen molar-refractivity contribution in [3.05, 3.63) is 60.4 Å². The first-order valence-corrected chi connectivity index (χ1v) is 8.98. The highest BCUT2D eigenvalue weighted by Gasteiger charge is 2.39. The molecule has 1 aromatic heterocycles. The fraction of sp³-hybridized carbons (Fsp3) is 0.250. The highest BCUT2D eigenvalue weighted by atomic mass is 16.3. The molecule has 2 heterocycles. The zero-order chi connectivity index (χ0) is 18.8. The number of nitrogens with one attached hydrogen (secondary N) is 2. The summed E-state index contributed by atoms with van der Waals surface area (Å²) in [6.45, 7) is 1.90. The maximum atomic E-state index is 12.8. The highest BCUT2D eigenvalue weighted by molar-refractivity contribution is 6.17. The number of carbonyl (C=O) groups excluding carboxylic acids is 1. The van der Waals surface area contributed by atoms with Crippen molar-refractivity contribution in [2.24, 2.45) is 4.99 Å². The molecule has 7 nitrogen and oxygen atoms in total. The Morgan fingerprint density at radius 1 is 1.26 bits per heavy atom. The Balaban J connectivity index is 1.81. The number of hydrogen-bond donors (Lipinski definition) is 3. The Bertz CT molecular complexity index is 978. The zero-order valence-corrected chi connectivity index (χ0v) is 15.0. The van der Waals surface area contributed by atoms with E-state index in [1.807, 2.05) is 55.5 Å². The number of H-pyrrole nitrogens is 1. The normalized spacial score (nSPS) is 19.6. The van der Waals surface area contributed by atoms with E-state index < -0.39 is 0 Å². The van der Waals surface area contributed by atoms with Crippen LogP contribution in [0.1, 0.15) is 24.9 Å². The number of aliphatic hydroxyl groups is 1. The summed E-state index contributed by atoms with van der Waals surface area (Å²) < 4.78 is 0. The summed E-state index contributed by atoms with van der Waals surface area (Å²) in [6, 6.07) is 14.6. The number of nitrogens with zero attached hydrogens (tertiary/aromatic N) is 3. The molecule has 2 atom stereocenters. The van der Waals surface area contributed by atoms with Gasteiger partial charge in [-0.1, -0.05) is 37.3 Å². The third-order valence-electron chi connectivity index (χ3n) is 4.77. The third-order valence-corrected chi connectivity index (χ3v) is 4.77. The van der Waals surface area contributed by atoms with Crippen LogP contribution in [0, 0.1) is 0 Å². The number of aliphatic hydroxyl groups excluding tert-OH is 1. The first kappa shape index (κ1) is 17.2. The zero-order valence-electron chi connectivity index (χ0n) is 15.0. The average Bonchev–Trinajstić information content (AvgIpc) is 3.29. The summed E-state index contributed by atoms with van der Waals surface area (Å²) in [7, 11) is 0. The van der Waals surface area contributed by atoms with Crippen LogP contribution < -0.4 is 10.2 Å². The maximum Gasteiger partial charge on any atom is 0.328 e. The molecule has 2 unspecified atom stereocenters. The molecule has 1 fully saturated rings. The molecular formula is C20H21N5O2. The molecule has 0 aliphatic carbocycles. The largest absolute Gasteiger partial charge is 0.394 e. The molecule has 1 aliphatic heterocycles. The number of imidazole rings is 1. The van der Waals surface area contributed by atoms with Crippen molar-refractivity contribution in [3.63, 3.8) is 0 Å². The molecular weight excluding hydrogens is 342 g/mol. The van der Waals surface area contributed by atoms with Gasteiger partial charge in [-0.25, -0.2) is 9.78 Å². The maximum absolute atomic E-state index is 12.8. The van der Waals surface area contributed by atoms with Gasteiger partial charge in [-0.05, 0) is 30.2 Å². The van der Waals surface area contributed by atoms with Gasteiger partial charge in [0.2, 0.25) is 0 Å². The van der Waals surface area contributed by atoms with Gasteiger partial charge in [0, 0.05) is 5.69 Å². The number of amides is 2. The molecule has 3 aromatic rings. The smallest absolute Gasteiger partial charge is 0.328 e. The summed E-state index contributed by atoms with van der Waals surface area (Å²) in [5.41, 5.74) is 3.39. The number of hydrogen-bond acceptors (Lipinski definition) is 4. The third kappa shape index (κ3) is 3.17. The molecule has 7 heteroatoms. The van der Waals surface area contributed by atoms with E-state index in [9.17, 15) is 9.90 Å². The number of amidine groups is 1. The van der Waals surface area contributed by atoms with E-state index in [0.29, 0.717) is 12.3 Å². The van der Waals surface area contributed by atoms with Gasteiger partial charge in [-0.15, -0.1) is 0 Å². The molecule has 0 radical (unpaired) electrons. The Kier molecular flexibility index (Phi) is 4.60. The Morgan fingerprint density at radius 2 is 2.07 bits per heavy atom. The molecule has 1 aliphatic rings. The standard InChI is InChI=1S/C20H21N5O2/c1-2-14(11-26)23-19-18(13-6-4-3-5-7-13)25(20(27)24-19)15-8-9-16-17(10-15)22-12-21-16/h3-10,12,14,18,26H,2,11H2,1H3,(H,21,22)(H,23,24,27). The van der Waals surface area contributed by atoms with E-state index in [-0.39, 0.29) is 24.7 Å². The lowest BCUT2D eigenvalue weighted by atomic mass is 10.0. The van der Waals surface area contributed by atoms with Crippen LogP contribution in [0.2, 0.25) is 0 Å². The van der Waals surface area contributed by atoms with E-state index in [0.717, 1.165) is 22.3 Å². The highest BCUT2D eigenvalue weighted by Crippen LogP contribution is 2.33. The Hall–Kier alpha value is -3.19. The summed E-state index contributed by atoms with van der Waals surface area (Å²) in [5.74, 6) is 0.550. The number of anilines is 1. The Labute approximate surface area is 156 Å². The fourth-order valence-corrected chi connectivity index (χ4v) is 3.32. The SMILES string of the molecule is CCC(CO)N=C1NC(=O)N(c2ccc3[nH]cnc3c2)C1c1ccccc1. The summed E-state index contributed by atoms with van der Waals surface area (Å²) in [4.78, 5) is 26.5. The second-order valence-corrected chi connectivity index (χ2v) is 6.48. The molecule has 0 spiro atoms. The van der Waals surface area contributed by atoms with E-state index >= 15 is 0 Å². The van der Waals surface area contributed by atoms with Crippen molar-refractivity contribution in [3.8, 4) is 0 Å². The lowest BCUT2D eigenvalue weighted by Gasteiger charge is -2.24. The van der Waals surface area contributed by atoms with Crippen molar-refractivity contribution in [1.29, 1.82) is 0 Å². The number of urea groups is 1. The summed E-state index contributed by atoms with van der Waals surface area (Å²) in [5, 5.41) is 12.4. The number of aliphatic imine (C=N–C) groups is 1. The van der Waals surface area contributed by atoms with Crippen LogP contribution in [0.15, 0.2) is 59.9 Å². The van der Waals surface area contributed by atoms with Gasteiger partial charge in [-0.2, -0.15) is 0 Å². The Morgan fingerprint density at radius 3 is 2.81 bits per heavy atom. The van der Waals surface area contributed by atoms with E-state index in [2.05, 4.69) is 20.3 Å². The number of benzene rings is 2. The molecule has 2 amide bonds. The van der Waals surface area contributed by atoms with Crippen molar-refractivity contribution in [2.45, 2.75) is 25.4 Å². The first-order valence-electron chi connectivity index (χ1n) is 8.98. The van der Waals surface area contributed by atoms with Crippen molar-refractivity contribution >= 4 is 28.6 Å². The van der Waals surface area contributed by atoms with Crippen molar-refractivity contribution < 1.29 is 9.90 Å². The van der Waals surface area contributed by atoms with Gasteiger partial charge in [0.05, 0.1) is 30.0 Å². The molecule has 27 heavy (non-hydrogen) atoms. The number of rotatable bonds is 5. The molecule has 3 N–H and O–H groups in total. The van der Waals surface area contributed by atoms with Gasteiger partial charge in [0.1, 0.15) is 11.9 Å². The lowest BCUT2D eigenvalue weighted by molar-refractivity contribution is 0.252. The van der Waals surface area contributed by atoms with Crippen LogP contribution in [-0.4, -0.2) is 39.6 Å². The molecule has 4 rings (SSSR count). The van der Waals surface area contributed by atoms with Gasteiger partial charge in [0.25, 0.3) is 0 Å². The molecule has 0 bridgehead atoms. The molecule has 138 valence electrons. The van der Waals surface area contributed by atoms with Crippen LogP contribution >= 0.6 is 0 Å². The molecule has 2 aromatic carbocycles. The van der Waals surface area contributed by atoms with Gasteiger partial charge in [0.15, 0.2) is 0 Å². The van der Waals surface area contributed by atoms with Crippen LogP contribution in [0.25, 0.3) is 11.0 Å². The number of aromatic amines is 1. The average molecular weight is 363 g/mol. The van der Waals surface area contributed by atoms with Crippen LogP contribution in [0.5, 0.6) is 0 Å².